The Morgan fingerprint density at radius 2 is 1.63 bits per heavy atom. The highest BCUT2D eigenvalue weighted by molar-refractivity contribution is 6.18. The molecule has 1 amide bonds. The SMILES string of the molecule is O=C(O)CCN(C(=O)c1ccc([N+](=O)[O-])cc1[N+](=O)[O-])N(CCCl)CCCl. The van der Waals surface area contributed by atoms with E-state index in [1.165, 1.54) is 5.01 Å². The van der Waals surface area contributed by atoms with Crippen molar-refractivity contribution in [3.05, 3.63) is 44.0 Å². The molecule has 0 aliphatic rings. The van der Waals surface area contributed by atoms with E-state index in [4.69, 9.17) is 28.3 Å². The van der Waals surface area contributed by atoms with Crippen molar-refractivity contribution in [1.29, 1.82) is 0 Å². The average molecular weight is 423 g/mol. The minimum absolute atomic E-state index is 0.0933. The molecule has 1 N–H and O–H groups in total. The fourth-order valence-electron chi connectivity index (χ4n) is 2.23. The molecule has 0 atom stereocenters. The van der Waals surface area contributed by atoms with Crippen molar-refractivity contribution < 1.29 is 24.5 Å². The van der Waals surface area contributed by atoms with Crippen LogP contribution in [0.3, 0.4) is 0 Å². The van der Waals surface area contributed by atoms with E-state index >= 15 is 0 Å². The van der Waals surface area contributed by atoms with Gasteiger partial charge < -0.3 is 5.11 Å². The Hall–Kier alpha value is -2.50. The number of amides is 1. The number of hydrazine groups is 1. The highest BCUT2D eigenvalue weighted by atomic mass is 35.5. The van der Waals surface area contributed by atoms with Gasteiger partial charge in [0.25, 0.3) is 17.3 Å². The lowest BCUT2D eigenvalue weighted by atomic mass is 10.1. The first-order chi connectivity index (χ1) is 12.7. The van der Waals surface area contributed by atoms with E-state index in [2.05, 4.69) is 0 Å². The van der Waals surface area contributed by atoms with Crippen LogP contribution < -0.4 is 0 Å². The minimum atomic E-state index is -1.18. The summed E-state index contributed by atoms with van der Waals surface area (Å²) in [6.07, 6.45) is -0.423. The Bertz CT molecular complexity index is 725. The van der Waals surface area contributed by atoms with Gasteiger partial charge in [-0.3, -0.25) is 34.8 Å². The molecule has 11 nitrogen and oxygen atoms in total. The third-order valence-electron chi connectivity index (χ3n) is 3.42. The topological polar surface area (TPSA) is 147 Å². The molecule has 0 bridgehead atoms. The van der Waals surface area contributed by atoms with Crippen LogP contribution in [0.1, 0.15) is 16.8 Å². The maximum absolute atomic E-state index is 12.9. The maximum atomic E-state index is 12.9. The fourth-order valence-corrected chi connectivity index (χ4v) is 2.62. The number of carbonyl (C=O) groups is 2. The van der Waals surface area contributed by atoms with Gasteiger partial charge in [0.1, 0.15) is 5.56 Å². The van der Waals surface area contributed by atoms with Gasteiger partial charge in [-0.05, 0) is 6.07 Å². The molecule has 13 heteroatoms. The van der Waals surface area contributed by atoms with Crippen molar-refractivity contribution in [2.24, 2.45) is 0 Å². The molecule has 1 aromatic rings. The number of nitro groups is 2. The number of halogens is 2. The van der Waals surface area contributed by atoms with Gasteiger partial charge in [0, 0.05) is 37.5 Å². The van der Waals surface area contributed by atoms with Gasteiger partial charge in [0.2, 0.25) is 0 Å². The van der Waals surface area contributed by atoms with Gasteiger partial charge >= 0.3 is 5.97 Å². The molecule has 0 heterocycles. The molecule has 0 saturated heterocycles. The zero-order valence-corrected chi connectivity index (χ0v) is 15.4. The number of hydrogen-bond donors (Lipinski definition) is 1. The normalized spacial score (nSPS) is 10.6. The van der Waals surface area contributed by atoms with Crippen LogP contribution in [0.15, 0.2) is 18.2 Å². The molecule has 0 unspecified atom stereocenters. The van der Waals surface area contributed by atoms with Crippen LogP contribution in [0.25, 0.3) is 0 Å². The number of alkyl halides is 2. The number of nitrogens with zero attached hydrogens (tertiary/aromatic N) is 4. The number of aliphatic carboxylic acids is 1. The van der Waals surface area contributed by atoms with Gasteiger partial charge in [-0.1, -0.05) is 0 Å². The number of carbonyl (C=O) groups excluding carboxylic acids is 1. The lowest BCUT2D eigenvalue weighted by Crippen LogP contribution is -2.49. The molecular formula is C14H16Cl2N4O7. The van der Waals surface area contributed by atoms with Crippen molar-refractivity contribution in [2.75, 3.05) is 31.4 Å². The van der Waals surface area contributed by atoms with Gasteiger partial charge in [0.05, 0.1) is 22.3 Å². The zero-order valence-electron chi connectivity index (χ0n) is 13.9. The summed E-state index contributed by atoms with van der Waals surface area (Å²) in [4.78, 5) is 44.2. The summed E-state index contributed by atoms with van der Waals surface area (Å²) in [5, 5.41) is 33.4. The van der Waals surface area contributed by atoms with Gasteiger partial charge in [-0.2, -0.15) is 0 Å². The first-order valence-electron chi connectivity index (χ1n) is 7.56. The average Bonchev–Trinajstić information content (AvgIpc) is 2.61. The number of carboxylic acid groups (broad SMARTS) is 1. The number of non-ortho nitro benzene ring substituents is 1. The molecule has 148 valence electrons. The Labute approximate surface area is 163 Å². The second-order valence-corrected chi connectivity index (χ2v) is 5.88. The molecule has 0 aromatic heterocycles. The van der Waals surface area contributed by atoms with Crippen molar-refractivity contribution >= 4 is 46.5 Å². The van der Waals surface area contributed by atoms with E-state index in [9.17, 15) is 29.8 Å². The molecular weight excluding hydrogens is 407 g/mol. The number of nitro benzene ring substituents is 2. The molecule has 0 fully saturated rings. The molecule has 0 aliphatic carbocycles. The van der Waals surface area contributed by atoms with Crippen molar-refractivity contribution in [2.45, 2.75) is 6.42 Å². The second-order valence-electron chi connectivity index (χ2n) is 5.12. The van der Waals surface area contributed by atoms with Crippen molar-refractivity contribution in [3.8, 4) is 0 Å². The third-order valence-corrected chi connectivity index (χ3v) is 3.76. The molecule has 1 aromatic carbocycles. The quantitative estimate of drug-likeness (QED) is 0.323. The Kier molecular flexibility index (Phi) is 8.85. The lowest BCUT2D eigenvalue weighted by molar-refractivity contribution is -0.394. The van der Waals surface area contributed by atoms with Crippen LogP contribution in [0, 0.1) is 20.2 Å². The van der Waals surface area contributed by atoms with Gasteiger partial charge in [-0.15, -0.1) is 23.2 Å². The molecule has 0 radical (unpaired) electrons. The summed E-state index contributed by atoms with van der Waals surface area (Å²) in [5.74, 6) is -1.87. The zero-order chi connectivity index (χ0) is 20.6. The lowest BCUT2D eigenvalue weighted by Gasteiger charge is -2.34. The van der Waals surface area contributed by atoms with Crippen LogP contribution in [0.2, 0.25) is 0 Å². The molecule has 1 rings (SSSR count). The van der Waals surface area contributed by atoms with Crippen LogP contribution in [0.5, 0.6) is 0 Å². The smallest absolute Gasteiger partial charge is 0.305 e. The largest absolute Gasteiger partial charge is 0.481 e. The third kappa shape index (κ3) is 6.31. The van der Waals surface area contributed by atoms with Gasteiger partial charge in [0.15, 0.2) is 0 Å². The van der Waals surface area contributed by atoms with E-state index in [0.29, 0.717) is 6.07 Å². The summed E-state index contributed by atoms with van der Waals surface area (Å²) >= 11 is 11.4. The van der Waals surface area contributed by atoms with E-state index < -0.39 is 45.1 Å². The van der Waals surface area contributed by atoms with Crippen LogP contribution in [0.4, 0.5) is 11.4 Å². The van der Waals surface area contributed by atoms with E-state index in [1.807, 2.05) is 0 Å². The summed E-state index contributed by atoms with van der Waals surface area (Å²) in [6, 6.07) is 2.60. The standard InChI is InChI=1S/C14H16Cl2N4O7/c15-4-7-17(8-5-16)18(6-3-13(21)22)14(23)11-2-1-10(19(24)25)9-12(11)20(26)27/h1-2,9H,3-8H2,(H,21,22). The summed E-state index contributed by atoms with van der Waals surface area (Å²) in [6.45, 7) is -0.00306. The Morgan fingerprint density at radius 1 is 1.04 bits per heavy atom. The molecule has 0 spiro atoms. The van der Waals surface area contributed by atoms with Crippen LogP contribution >= 0.6 is 23.2 Å². The second kappa shape index (κ2) is 10.6. The summed E-state index contributed by atoms with van der Waals surface area (Å²) < 4.78 is 0. The van der Waals surface area contributed by atoms with Gasteiger partial charge in [-0.25, -0.2) is 5.01 Å². The van der Waals surface area contributed by atoms with Crippen molar-refractivity contribution in [1.82, 2.24) is 10.0 Å². The van der Waals surface area contributed by atoms with Crippen molar-refractivity contribution in [3.63, 3.8) is 0 Å². The number of rotatable bonds is 11. The summed E-state index contributed by atoms with van der Waals surface area (Å²) in [5.41, 5.74) is -1.72. The first kappa shape index (κ1) is 22.5. The molecule has 0 aliphatic heterocycles. The molecule has 27 heavy (non-hydrogen) atoms. The number of carboxylic acids is 1. The predicted molar refractivity (Wildman–Crippen MR) is 96.1 cm³/mol. The monoisotopic (exact) mass is 422 g/mol. The van der Waals surface area contributed by atoms with E-state index in [-0.39, 0.29) is 31.4 Å². The van der Waals surface area contributed by atoms with Crippen LogP contribution in [-0.2, 0) is 4.79 Å². The minimum Gasteiger partial charge on any atom is -0.481 e. The number of hydrogen-bond acceptors (Lipinski definition) is 7. The summed E-state index contributed by atoms with van der Waals surface area (Å²) in [7, 11) is 0. The number of benzene rings is 1. The Balaban J connectivity index is 3.36. The highest BCUT2D eigenvalue weighted by Crippen LogP contribution is 2.26. The predicted octanol–water partition coefficient (Wildman–Crippen LogP) is 2.11. The fraction of sp³-hybridized carbons (Fsp3) is 0.429. The van der Waals surface area contributed by atoms with E-state index in [1.54, 1.807) is 0 Å². The van der Waals surface area contributed by atoms with E-state index in [0.717, 1.165) is 17.1 Å². The highest BCUT2D eigenvalue weighted by Gasteiger charge is 2.30. The maximum Gasteiger partial charge on any atom is 0.305 e. The first-order valence-corrected chi connectivity index (χ1v) is 8.63. The Morgan fingerprint density at radius 3 is 2.07 bits per heavy atom. The molecule has 0 saturated carbocycles. The van der Waals surface area contributed by atoms with Crippen LogP contribution in [-0.4, -0.2) is 68.2 Å².